The minimum absolute atomic E-state index is 0.0573. The maximum absolute atomic E-state index is 12.1. The van der Waals surface area contributed by atoms with Gasteiger partial charge in [-0.1, -0.05) is 0 Å². The van der Waals surface area contributed by atoms with Crippen molar-refractivity contribution >= 4 is 15.7 Å². The van der Waals surface area contributed by atoms with Crippen LogP contribution < -0.4 is 15.2 Å². The Bertz CT molecular complexity index is 573. The molecular formula is C11H17N3O5S. The van der Waals surface area contributed by atoms with Crippen molar-refractivity contribution in [1.82, 2.24) is 4.72 Å². The number of nitrogens with two attached hydrogens (primary N) is 1. The van der Waals surface area contributed by atoms with Crippen molar-refractivity contribution in [2.45, 2.75) is 17.7 Å². The van der Waals surface area contributed by atoms with Gasteiger partial charge < -0.3 is 10.5 Å². The highest BCUT2D eigenvalue weighted by atomic mass is 32.2. The SMILES string of the molecule is COc1ccc([N+](=O)[O-])cc1S(=O)(=O)NCCCCN. The Morgan fingerprint density at radius 3 is 2.65 bits per heavy atom. The second-order valence-electron chi connectivity index (χ2n) is 3.99. The van der Waals surface area contributed by atoms with Crippen LogP contribution in [-0.4, -0.2) is 33.5 Å². The first-order chi connectivity index (χ1) is 9.42. The fourth-order valence-electron chi connectivity index (χ4n) is 1.54. The van der Waals surface area contributed by atoms with E-state index in [2.05, 4.69) is 4.72 Å². The van der Waals surface area contributed by atoms with E-state index in [9.17, 15) is 18.5 Å². The van der Waals surface area contributed by atoms with Gasteiger partial charge in [-0.3, -0.25) is 10.1 Å². The van der Waals surface area contributed by atoms with Crippen LogP contribution in [0.2, 0.25) is 0 Å². The molecule has 0 atom stereocenters. The van der Waals surface area contributed by atoms with E-state index in [0.29, 0.717) is 19.4 Å². The lowest BCUT2D eigenvalue weighted by Gasteiger charge is -2.10. The summed E-state index contributed by atoms with van der Waals surface area (Å²) < 4.78 is 31.5. The van der Waals surface area contributed by atoms with Crippen molar-refractivity contribution in [3.05, 3.63) is 28.3 Å². The molecule has 0 aliphatic rings. The minimum Gasteiger partial charge on any atom is -0.495 e. The first kappa shape index (κ1) is 16.3. The maximum atomic E-state index is 12.1. The van der Waals surface area contributed by atoms with Gasteiger partial charge >= 0.3 is 0 Å². The fourth-order valence-corrected chi connectivity index (χ4v) is 2.80. The first-order valence-electron chi connectivity index (χ1n) is 5.94. The minimum atomic E-state index is -3.86. The van der Waals surface area contributed by atoms with Crippen LogP contribution in [0.4, 0.5) is 5.69 Å². The molecule has 0 heterocycles. The summed E-state index contributed by atoms with van der Waals surface area (Å²) in [5, 5.41) is 10.7. The number of hydrogen-bond acceptors (Lipinski definition) is 6. The number of rotatable bonds is 8. The molecule has 0 saturated carbocycles. The smallest absolute Gasteiger partial charge is 0.271 e. The van der Waals surface area contributed by atoms with Crippen molar-refractivity contribution < 1.29 is 18.1 Å². The molecule has 0 amide bonds. The third kappa shape index (κ3) is 4.15. The number of benzene rings is 1. The Kier molecular flexibility index (Phi) is 5.86. The molecular weight excluding hydrogens is 286 g/mol. The zero-order chi connectivity index (χ0) is 15.2. The van der Waals surface area contributed by atoms with Crippen LogP contribution in [0.1, 0.15) is 12.8 Å². The highest BCUT2D eigenvalue weighted by molar-refractivity contribution is 7.89. The highest BCUT2D eigenvalue weighted by Crippen LogP contribution is 2.27. The Hall–Kier alpha value is -1.71. The van der Waals surface area contributed by atoms with Gasteiger partial charge in [0.25, 0.3) is 5.69 Å². The van der Waals surface area contributed by atoms with Crippen molar-refractivity contribution in [2.75, 3.05) is 20.2 Å². The van der Waals surface area contributed by atoms with Crippen LogP contribution in [0.15, 0.2) is 23.1 Å². The molecule has 1 aromatic carbocycles. The molecule has 20 heavy (non-hydrogen) atoms. The zero-order valence-electron chi connectivity index (χ0n) is 11.0. The van der Waals surface area contributed by atoms with Crippen LogP contribution in [0.5, 0.6) is 5.75 Å². The van der Waals surface area contributed by atoms with Gasteiger partial charge in [0.05, 0.1) is 12.0 Å². The van der Waals surface area contributed by atoms with Crippen LogP contribution in [-0.2, 0) is 10.0 Å². The van der Waals surface area contributed by atoms with Crippen LogP contribution in [0.25, 0.3) is 0 Å². The Balaban J connectivity index is 3.02. The average Bonchev–Trinajstić information content (AvgIpc) is 2.42. The molecule has 0 aliphatic heterocycles. The van der Waals surface area contributed by atoms with E-state index in [4.69, 9.17) is 10.5 Å². The quantitative estimate of drug-likeness (QED) is 0.412. The number of nitro groups is 1. The standard InChI is InChI=1S/C11H17N3O5S/c1-19-10-5-4-9(14(15)16)8-11(10)20(17,18)13-7-3-2-6-12/h4-5,8,13H,2-3,6-7,12H2,1H3. The van der Waals surface area contributed by atoms with E-state index >= 15 is 0 Å². The number of sulfonamides is 1. The lowest BCUT2D eigenvalue weighted by Crippen LogP contribution is -2.25. The number of hydrogen-bond donors (Lipinski definition) is 2. The molecule has 8 nitrogen and oxygen atoms in total. The molecule has 0 spiro atoms. The zero-order valence-corrected chi connectivity index (χ0v) is 11.9. The number of unbranched alkanes of at least 4 members (excludes halogenated alkanes) is 1. The molecule has 0 aromatic heterocycles. The lowest BCUT2D eigenvalue weighted by molar-refractivity contribution is -0.385. The Morgan fingerprint density at radius 2 is 2.10 bits per heavy atom. The molecule has 9 heteroatoms. The molecule has 0 fully saturated rings. The summed E-state index contributed by atoms with van der Waals surface area (Å²) in [5.74, 6) is 0.0573. The normalized spacial score (nSPS) is 11.3. The molecule has 0 radical (unpaired) electrons. The monoisotopic (exact) mass is 303 g/mol. The average molecular weight is 303 g/mol. The summed E-state index contributed by atoms with van der Waals surface area (Å²) in [6.45, 7) is 0.688. The number of nitrogens with one attached hydrogen (secondary N) is 1. The van der Waals surface area contributed by atoms with Gasteiger partial charge in [0, 0.05) is 18.7 Å². The van der Waals surface area contributed by atoms with E-state index in [1.165, 1.54) is 19.2 Å². The highest BCUT2D eigenvalue weighted by Gasteiger charge is 2.22. The lowest BCUT2D eigenvalue weighted by atomic mass is 10.3. The van der Waals surface area contributed by atoms with Crippen molar-refractivity contribution in [1.29, 1.82) is 0 Å². The maximum Gasteiger partial charge on any atom is 0.271 e. The molecule has 112 valence electrons. The van der Waals surface area contributed by atoms with Crippen LogP contribution in [0, 0.1) is 10.1 Å². The summed E-state index contributed by atoms with van der Waals surface area (Å²) in [5.41, 5.74) is 5.00. The number of ether oxygens (including phenoxy) is 1. The molecule has 3 N–H and O–H groups in total. The third-order valence-electron chi connectivity index (χ3n) is 2.57. The summed E-state index contributed by atoms with van der Waals surface area (Å²) >= 11 is 0. The summed E-state index contributed by atoms with van der Waals surface area (Å²) in [4.78, 5) is 9.81. The topological polar surface area (TPSA) is 125 Å². The summed E-state index contributed by atoms with van der Waals surface area (Å²) in [7, 11) is -2.56. The van der Waals surface area contributed by atoms with Gasteiger partial charge in [0.15, 0.2) is 0 Å². The molecule has 0 aliphatic carbocycles. The van der Waals surface area contributed by atoms with E-state index in [0.717, 1.165) is 6.07 Å². The second-order valence-corrected chi connectivity index (χ2v) is 5.72. The second kappa shape index (κ2) is 7.17. The number of methoxy groups -OCH3 is 1. The fraction of sp³-hybridized carbons (Fsp3) is 0.455. The summed E-state index contributed by atoms with van der Waals surface area (Å²) in [6, 6.07) is 3.42. The first-order valence-corrected chi connectivity index (χ1v) is 7.43. The van der Waals surface area contributed by atoms with Gasteiger partial charge in [-0.2, -0.15) is 0 Å². The van der Waals surface area contributed by atoms with Crippen molar-refractivity contribution in [3.63, 3.8) is 0 Å². The largest absolute Gasteiger partial charge is 0.495 e. The predicted molar refractivity (Wildman–Crippen MR) is 73.1 cm³/mol. The molecule has 1 rings (SSSR count). The van der Waals surface area contributed by atoms with Crippen LogP contribution >= 0.6 is 0 Å². The number of nitrogens with zero attached hydrogens (tertiary/aromatic N) is 1. The van der Waals surface area contributed by atoms with Crippen molar-refractivity contribution in [3.8, 4) is 5.75 Å². The van der Waals surface area contributed by atoms with E-state index < -0.39 is 14.9 Å². The molecule has 0 saturated heterocycles. The van der Waals surface area contributed by atoms with Gasteiger partial charge in [-0.25, -0.2) is 13.1 Å². The van der Waals surface area contributed by atoms with E-state index in [-0.39, 0.29) is 22.9 Å². The van der Waals surface area contributed by atoms with Crippen LogP contribution in [0.3, 0.4) is 0 Å². The number of non-ortho nitro benzene ring substituents is 1. The Labute approximate surface area is 117 Å². The summed E-state index contributed by atoms with van der Waals surface area (Å²) in [6.07, 6.45) is 1.28. The van der Waals surface area contributed by atoms with Gasteiger partial charge in [-0.15, -0.1) is 0 Å². The predicted octanol–water partition coefficient (Wildman–Crippen LogP) is 0.621. The van der Waals surface area contributed by atoms with Gasteiger partial charge in [-0.05, 0) is 25.5 Å². The van der Waals surface area contributed by atoms with Gasteiger partial charge in [0.1, 0.15) is 10.6 Å². The number of nitro benzene ring substituents is 1. The third-order valence-corrected chi connectivity index (χ3v) is 4.05. The molecule has 1 aromatic rings. The molecule has 0 bridgehead atoms. The Morgan fingerprint density at radius 1 is 1.40 bits per heavy atom. The molecule has 0 unspecified atom stereocenters. The van der Waals surface area contributed by atoms with E-state index in [1.54, 1.807) is 0 Å². The van der Waals surface area contributed by atoms with E-state index in [1.807, 2.05) is 0 Å². The van der Waals surface area contributed by atoms with Gasteiger partial charge in [0.2, 0.25) is 10.0 Å². The van der Waals surface area contributed by atoms with Crippen molar-refractivity contribution in [2.24, 2.45) is 5.73 Å².